The average molecular weight is 298 g/mol. The van der Waals surface area contributed by atoms with Crippen LogP contribution in [0.4, 0.5) is 0 Å². The fourth-order valence-electron chi connectivity index (χ4n) is 1.74. The number of benzene rings is 1. The maximum Gasteiger partial charge on any atom is 0.239 e. The van der Waals surface area contributed by atoms with Crippen molar-refractivity contribution in [2.75, 3.05) is 19.6 Å². The molecule has 4 N–H and O–H groups in total. The standard InChI is InChI=1S/C14H20ClN3O2/c1-14(2,10-5-3-4-6-11(10)15)9-18-13(20)8-17-12(19)7-16/h3-6H,7-9,16H2,1-2H3,(H,17,19)(H,18,20). The summed E-state index contributed by atoms with van der Waals surface area (Å²) >= 11 is 6.16. The molecule has 0 radical (unpaired) electrons. The molecule has 6 heteroatoms. The molecule has 1 rings (SSSR count). The Morgan fingerprint density at radius 2 is 1.85 bits per heavy atom. The molecule has 0 saturated carbocycles. The summed E-state index contributed by atoms with van der Waals surface area (Å²) in [6.45, 7) is 4.21. The molecule has 5 nitrogen and oxygen atoms in total. The minimum Gasteiger partial charge on any atom is -0.354 e. The molecule has 0 aliphatic rings. The van der Waals surface area contributed by atoms with Crippen molar-refractivity contribution >= 4 is 23.4 Å². The van der Waals surface area contributed by atoms with E-state index in [1.165, 1.54) is 0 Å². The van der Waals surface area contributed by atoms with Crippen LogP contribution in [0.1, 0.15) is 19.4 Å². The van der Waals surface area contributed by atoms with Gasteiger partial charge in [0.1, 0.15) is 0 Å². The second-order valence-electron chi connectivity index (χ2n) is 5.12. The van der Waals surface area contributed by atoms with Gasteiger partial charge < -0.3 is 16.4 Å². The molecule has 0 heterocycles. The van der Waals surface area contributed by atoms with Crippen LogP contribution in [0.15, 0.2) is 24.3 Å². The van der Waals surface area contributed by atoms with Crippen molar-refractivity contribution in [1.29, 1.82) is 0 Å². The highest BCUT2D eigenvalue weighted by atomic mass is 35.5. The molecule has 0 aliphatic heterocycles. The number of carbonyl (C=O) groups is 2. The number of hydrogen-bond donors (Lipinski definition) is 3. The normalized spacial score (nSPS) is 11.0. The fraction of sp³-hybridized carbons (Fsp3) is 0.429. The minimum atomic E-state index is -0.356. The predicted octanol–water partition coefficient (Wildman–Crippen LogP) is 0.809. The van der Waals surface area contributed by atoms with Crippen molar-refractivity contribution < 1.29 is 9.59 Å². The van der Waals surface area contributed by atoms with Gasteiger partial charge in [0.25, 0.3) is 0 Å². The number of nitrogens with one attached hydrogen (secondary N) is 2. The van der Waals surface area contributed by atoms with Gasteiger partial charge in [0.2, 0.25) is 11.8 Å². The summed E-state index contributed by atoms with van der Waals surface area (Å²) in [5.74, 6) is -0.613. The Hall–Kier alpha value is -1.59. The van der Waals surface area contributed by atoms with Crippen LogP contribution in [0, 0.1) is 0 Å². The van der Waals surface area contributed by atoms with E-state index >= 15 is 0 Å². The third-order valence-corrected chi connectivity index (χ3v) is 3.29. The molecule has 0 atom stereocenters. The summed E-state index contributed by atoms with van der Waals surface area (Å²) in [6, 6.07) is 7.53. The molecular weight excluding hydrogens is 278 g/mol. The second-order valence-corrected chi connectivity index (χ2v) is 5.53. The molecule has 2 amide bonds. The van der Waals surface area contributed by atoms with E-state index in [0.717, 1.165) is 5.56 Å². The largest absolute Gasteiger partial charge is 0.354 e. The Kier molecular flexibility index (Phi) is 5.98. The zero-order valence-electron chi connectivity index (χ0n) is 11.7. The molecule has 1 aromatic carbocycles. The van der Waals surface area contributed by atoms with Gasteiger partial charge in [-0.3, -0.25) is 9.59 Å². The van der Waals surface area contributed by atoms with Crippen molar-refractivity contribution in [1.82, 2.24) is 10.6 Å². The number of amides is 2. The summed E-state index contributed by atoms with van der Waals surface area (Å²) in [7, 11) is 0. The molecule has 0 aliphatic carbocycles. The lowest BCUT2D eigenvalue weighted by Crippen LogP contribution is -2.43. The maximum atomic E-state index is 11.6. The van der Waals surface area contributed by atoms with E-state index in [9.17, 15) is 9.59 Å². The first-order valence-corrected chi connectivity index (χ1v) is 6.73. The first-order valence-electron chi connectivity index (χ1n) is 6.35. The number of hydrogen-bond acceptors (Lipinski definition) is 3. The van der Waals surface area contributed by atoms with E-state index in [0.29, 0.717) is 11.6 Å². The van der Waals surface area contributed by atoms with Crippen LogP contribution in [-0.4, -0.2) is 31.4 Å². The van der Waals surface area contributed by atoms with Crippen molar-refractivity contribution in [2.24, 2.45) is 5.73 Å². The van der Waals surface area contributed by atoms with E-state index in [-0.39, 0.29) is 30.3 Å². The van der Waals surface area contributed by atoms with Crippen LogP contribution in [0.3, 0.4) is 0 Å². The van der Waals surface area contributed by atoms with E-state index in [2.05, 4.69) is 10.6 Å². The van der Waals surface area contributed by atoms with Crippen LogP contribution < -0.4 is 16.4 Å². The summed E-state index contributed by atoms with van der Waals surface area (Å²) in [6.07, 6.45) is 0. The highest BCUT2D eigenvalue weighted by Gasteiger charge is 2.23. The Labute approximate surface area is 123 Å². The van der Waals surface area contributed by atoms with Crippen molar-refractivity contribution in [3.8, 4) is 0 Å². The monoisotopic (exact) mass is 297 g/mol. The quantitative estimate of drug-likeness (QED) is 0.726. The molecule has 0 aromatic heterocycles. The number of halogens is 1. The molecule has 110 valence electrons. The molecule has 20 heavy (non-hydrogen) atoms. The van der Waals surface area contributed by atoms with Gasteiger partial charge in [-0.1, -0.05) is 43.6 Å². The summed E-state index contributed by atoms with van der Waals surface area (Å²) < 4.78 is 0. The number of nitrogens with two attached hydrogens (primary N) is 1. The third kappa shape index (κ3) is 4.83. The highest BCUT2D eigenvalue weighted by molar-refractivity contribution is 6.31. The van der Waals surface area contributed by atoms with Gasteiger partial charge in [0.15, 0.2) is 0 Å². The molecule has 0 unspecified atom stereocenters. The lowest BCUT2D eigenvalue weighted by Gasteiger charge is -2.26. The summed E-state index contributed by atoms with van der Waals surface area (Å²) in [5, 5.41) is 5.86. The van der Waals surface area contributed by atoms with Gasteiger partial charge in [0.05, 0.1) is 13.1 Å². The SMILES string of the molecule is CC(C)(CNC(=O)CNC(=O)CN)c1ccccc1Cl. The lowest BCUT2D eigenvalue weighted by molar-refractivity contribution is -0.125. The van der Waals surface area contributed by atoms with Crippen LogP contribution in [0.2, 0.25) is 5.02 Å². The van der Waals surface area contributed by atoms with Crippen molar-refractivity contribution in [3.05, 3.63) is 34.9 Å². The van der Waals surface area contributed by atoms with Crippen LogP contribution in [0.25, 0.3) is 0 Å². The maximum absolute atomic E-state index is 11.6. The lowest BCUT2D eigenvalue weighted by atomic mass is 9.84. The van der Waals surface area contributed by atoms with E-state index in [4.69, 9.17) is 17.3 Å². The van der Waals surface area contributed by atoms with Crippen molar-refractivity contribution in [2.45, 2.75) is 19.3 Å². The number of rotatable bonds is 6. The minimum absolute atomic E-state index is 0.0748. The van der Waals surface area contributed by atoms with Gasteiger partial charge in [0, 0.05) is 17.0 Å². The summed E-state index contributed by atoms with van der Waals surface area (Å²) in [5.41, 5.74) is 5.80. The topological polar surface area (TPSA) is 84.2 Å². The molecule has 0 bridgehead atoms. The van der Waals surface area contributed by atoms with Crippen LogP contribution in [-0.2, 0) is 15.0 Å². The Balaban J connectivity index is 2.53. The Bertz CT molecular complexity index is 489. The molecular formula is C14H20ClN3O2. The van der Waals surface area contributed by atoms with Gasteiger partial charge >= 0.3 is 0 Å². The van der Waals surface area contributed by atoms with Crippen LogP contribution >= 0.6 is 11.6 Å². The van der Waals surface area contributed by atoms with Gasteiger partial charge in [-0.15, -0.1) is 0 Å². The average Bonchev–Trinajstić information content (AvgIpc) is 2.42. The zero-order valence-corrected chi connectivity index (χ0v) is 12.5. The predicted molar refractivity (Wildman–Crippen MR) is 79.6 cm³/mol. The van der Waals surface area contributed by atoms with E-state index < -0.39 is 0 Å². The first kappa shape index (κ1) is 16.5. The fourth-order valence-corrected chi connectivity index (χ4v) is 2.13. The Morgan fingerprint density at radius 1 is 1.20 bits per heavy atom. The molecule has 0 spiro atoms. The Morgan fingerprint density at radius 3 is 2.45 bits per heavy atom. The smallest absolute Gasteiger partial charge is 0.239 e. The first-order chi connectivity index (χ1) is 9.36. The van der Waals surface area contributed by atoms with Gasteiger partial charge in [-0.05, 0) is 11.6 Å². The molecule has 1 aromatic rings. The summed E-state index contributed by atoms with van der Waals surface area (Å²) in [4.78, 5) is 22.6. The second kappa shape index (κ2) is 7.26. The van der Waals surface area contributed by atoms with Crippen LogP contribution in [0.5, 0.6) is 0 Å². The number of carbonyl (C=O) groups excluding carboxylic acids is 2. The van der Waals surface area contributed by atoms with Gasteiger partial charge in [-0.2, -0.15) is 0 Å². The van der Waals surface area contributed by atoms with Crippen molar-refractivity contribution in [3.63, 3.8) is 0 Å². The van der Waals surface area contributed by atoms with Gasteiger partial charge in [-0.25, -0.2) is 0 Å². The highest BCUT2D eigenvalue weighted by Crippen LogP contribution is 2.28. The van der Waals surface area contributed by atoms with E-state index in [1.807, 2.05) is 38.1 Å². The molecule has 0 saturated heterocycles. The van der Waals surface area contributed by atoms with E-state index in [1.54, 1.807) is 0 Å². The zero-order chi connectivity index (χ0) is 15.2. The third-order valence-electron chi connectivity index (χ3n) is 2.96. The molecule has 0 fully saturated rings.